The molecule has 0 fully saturated rings. The van der Waals surface area contributed by atoms with Crippen molar-refractivity contribution < 1.29 is 9.26 Å². The number of nitrogens with zero attached hydrogens (tertiary/aromatic N) is 4. The molecule has 0 N–H and O–H groups in total. The van der Waals surface area contributed by atoms with E-state index in [9.17, 15) is 0 Å². The van der Waals surface area contributed by atoms with Gasteiger partial charge in [0, 0.05) is 12.6 Å². The molecular weight excluding hydrogens is 396 g/mol. The molecule has 0 bridgehead atoms. The summed E-state index contributed by atoms with van der Waals surface area (Å²) in [6.45, 7) is 0. The quantitative estimate of drug-likeness (QED) is 0.380. The second kappa shape index (κ2) is 7.96. The first-order valence-electron chi connectivity index (χ1n) is 9.45. The van der Waals surface area contributed by atoms with E-state index in [2.05, 4.69) is 10.1 Å². The summed E-state index contributed by atoms with van der Waals surface area (Å²) in [5.74, 6) is 1.91. The zero-order valence-electron chi connectivity index (χ0n) is 16.2. The van der Waals surface area contributed by atoms with Gasteiger partial charge in [-0.05, 0) is 41.3 Å². The standard InChI is InChI=1S/C23H18N4O2S/c1-28-18-11-9-16(10-12-18)14-21-24-23(29-26-21)19-15-27(17-6-3-2-4-7-17)25-22(19)20-8-5-13-30-20/h2-13,15H,14H2,1H3. The maximum atomic E-state index is 5.62. The number of hydrogen-bond acceptors (Lipinski definition) is 6. The van der Waals surface area contributed by atoms with Crippen LogP contribution in [0.3, 0.4) is 0 Å². The highest BCUT2D eigenvalue weighted by Crippen LogP contribution is 2.33. The topological polar surface area (TPSA) is 66.0 Å². The Morgan fingerprint density at radius 3 is 2.57 bits per heavy atom. The summed E-state index contributed by atoms with van der Waals surface area (Å²) in [4.78, 5) is 5.69. The van der Waals surface area contributed by atoms with Gasteiger partial charge in [0.2, 0.25) is 0 Å². The lowest BCUT2D eigenvalue weighted by Gasteiger charge is -2.00. The Labute approximate surface area is 177 Å². The molecule has 0 saturated carbocycles. The highest BCUT2D eigenvalue weighted by Gasteiger charge is 2.20. The Morgan fingerprint density at radius 1 is 1.00 bits per heavy atom. The van der Waals surface area contributed by atoms with Gasteiger partial charge in [-0.15, -0.1) is 11.3 Å². The Balaban J connectivity index is 1.49. The SMILES string of the molecule is COc1ccc(Cc2noc(-c3cn(-c4ccccc4)nc3-c3cccs3)n2)cc1. The van der Waals surface area contributed by atoms with E-state index < -0.39 is 0 Å². The number of para-hydroxylation sites is 1. The Bertz CT molecular complexity index is 1240. The molecule has 5 rings (SSSR count). The number of aromatic nitrogens is 4. The van der Waals surface area contributed by atoms with Gasteiger partial charge in [0.15, 0.2) is 5.82 Å². The molecule has 0 saturated heterocycles. The van der Waals surface area contributed by atoms with Crippen molar-refractivity contribution in [2.24, 2.45) is 0 Å². The molecule has 7 heteroatoms. The van der Waals surface area contributed by atoms with Gasteiger partial charge in [0.05, 0.1) is 23.2 Å². The summed E-state index contributed by atoms with van der Waals surface area (Å²) in [5.41, 5.74) is 3.70. The van der Waals surface area contributed by atoms with E-state index in [0.29, 0.717) is 18.1 Å². The minimum Gasteiger partial charge on any atom is -0.497 e. The average Bonchev–Trinajstić information content (AvgIpc) is 3.55. The summed E-state index contributed by atoms with van der Waals surface area (Å²) < 4.78 is 12.7. The second-order valence-corrected chi connectivity index (χ2v) is 7.64. The fourth-order valence-electron chi connectivity index (χ4n) is 3.20. The molecule has 0 amide bonds. The third-order valence-electron chi connectivity index (χ3n) is 4.71. The van der Waals surface area contributed by atoms with Crippen LogP contribution in [0.25, 0.3) is 27.7 Å². The molecule has 0 aliphatic heterocycles. The number of rotatable bonds is 6. The number of methoxy groups -OCH3 is 1. The first-order valence-corrected chi connectivity index (χ1v) is 10.3. The molecule has 3 aromatic heterocycles. The molecule has 30 heavy (non-hydrogen) atoms. The summed E-state index contributed by atoms with van der Waals surface area (Å²) in [7, 11) is 1.65. The normalized spacial score (nSPS) is 11.0. The van der Waals surface area contributed by atoms with Crippen molar-refractivity contribution in [3.63, 3.8) is 0 Å². The molecule has 6 nitrogen and oxygen atoms in total. The van der Waals surface area contributed by atoms with E-state index in [0.717, 1.165) is 33.1 Å². The number of benzene rings is 2. The third kappa shape index (κ3) is 3.62. The third-order valence-corrected chi connectivity index (χ3v) is 5.59. The molecule has 0 aliphatic rings. The van der Waals surface area contributed by atoms with Crippen LogP contribution < -0.4 is 4.74 Å². The van der Waals surface area contributed by atoms with E-state index >= 15 is 0 Å². The highest BCUT2D eigenvalue weighted by molar-refractivity contribution is 7.13. The fourth-order valence-corrected chi connectivity index (χ4v) is 3.92. The van der Waals surface area contributed by atoms with Crippen molar-refractivity contribution in [3.8, 4) is 33.5 Å². The molecule has 0 aliphatic carbocycles. The molecule has 0 spiro atoms. The van der Waals surface area contributed by atoms with Crippen LogP contribution in [0.2, 0.25) is 0 Å². The minimum absolute atomic E-state index is 0.462. The monoisotopic (exact) mass is 414 g/mol. The van der Waals surface area contributed by atoms with Gasteiger partial charge >= 0.3 is 0 Å². The summed E-state index contributed by atoms with van der Waals surface area (Å²) in [6.07, 6.45) is 2.52. The van der Waals surface area contributed by atoms with Crippen LogP contribution in [-0.2, 0) is 6.42 Å². The van der Waals surface area contributed by atoms with Gasteiger partial charge in [0.1, 0.15) is 11.4 Å². The van der Waals surface area contributed by atoms with Crippen LogP contribution in [0.4, 0.5) is 0 Å². The lowest BCUT2D eigenvalue weighted by atomic mass is 10.1. The number of ether oxygens (including phenoxy) is 1. The van der Waals surface area contributed by atoms with E-state index in [1.54, 1.807) is 18.4 Å². The van der Waals surface area contributed by atoms with E-state index in [-0.39, 0.29) is 0 Å². The fraction of sp³-hybridized carbons (Fsp3) is 0.0870. The summed E-state index contributed by atoms with van der Waals surface area (Å²) >= 11 is 1.63. The zero-order valence-corrected chi connectivity index (χ0v) is 17.0. The lowest BCUT2D eigenvalue weighted by molar-refractivity contribution is 0.414. The molecule has 2 aromatic carbocycles. The van der Waals surface area contributed by atoms with Crippen LogP contribution in [-0.4, -0.2) is 27.0 Å². The number of hydrogen-bond donors (Lipinski definition) is 0. The van der Waals surface area contributed by atoms with Gasteiger partial charge in [-0.25, -0.2) is 4.68 Å². The van der Waals surface area contributed by atoms with Gasteiger partial charge in [-0.3, -0.25) is 0 Å². The van der Waals surface area contributed by atoms with Crippen molar-refractivity contribution in [1.29, 1.82) is 0 Å². The second-order valence-electron chi connectivity index (χ2n) is 6.69. The van der Waals surface area contributed by atoms with Crippen LogP contribution in [0.5, 0.6) is 5.75 Å². The zero-order chi connectivity index (χ0) is 20.3. The van der Waals surface area contributed by atoms with E-state index in [1.165, 1.54) is 0 Å². The Kier molecular flexibility index (Phi) is 4.86. The molecule has 148 valence electrons. The lowest BCUT2D eigenvalue weighted by Crippen LogP contribution is -1.93. The molecule has 0 unspecified atom stereocenters. The Morgan fingerprint density at radius 2 is 1.83 bits per heavy atom. The largest absolute Gasteiger partial charge is 0.497 e. The minimum atomic E-state index is 0.462. The molecular formula is C23H18N4O2S. The predicted molar refractivity (Wildman–Crippen MR) is 116 cm³/mol. The average molecular weight is 414 g/mol. The van der Waals surface area contributed by atoms with Gasteiger partial charge in [-0.2, -0.15) is 10.1 Å². The van der Waals surface area contributed by atoms with Gasteiger partial charge in [0.25, 0.3) is 5.89 Å². The van der Waals surface area contributed by atoms with Crippen molar-refractivity contribution in [1.82, 2.24) is 19.9 Å². The maximum absolute atomic E-state index is 5.62. The Hall–Kier alpha value is -3.71. The van der Waals surface area contributed by atoms with Gasteiger partial charge in [-0.1, -0.05) is 41.6 Å². The molecule has 0 atom stereocenters. The van der Waals surface area contributed by atoms with Crippen LogP contribution >= 0.6 is 11.3 Å². The van der Waals surface area contributed by atoms with Gasteiger partial charge < -0.3 is 9.26 Å². The maximum Gasteiger partial charge on any atom is 0.261 e. The molecule has 3 heterocycles. The van der Waals surface area contributed by atoms with Crippen LogP contribution in [0.1, 0.15) is 11.4 Å². The van der Waals surface area contributed by atoms with Crippen molar-refractivity contribution in [3.05, 3.63) is 89.7 Å². The molecule has 0 radical (unpaired) electrons. The van der Waals surface area contributed by atoms with E-state index in [4.69, 9.17) is 14.4 Å². The summed E-state index contributed by atoms with van der Waals surface area (Å²) in [5, 5.41) is 11.0. The van der Waals surface area contributed by atoms with Crippen molar-refractivity contribution in [2.45, 2.75) is 6.42 Å². The van der Waals surface area contributed by atoms with E-state index in [1.807, 2.05) is 83.0 Å². The summed E-state index contributed by atoms with van der Waals surface area (Å²) in [6, 6.07) is 21.9. The van der Waals surface area contributed by atoms with Crippen LogP contribution in [0.15, 0.2) is 82.8 Å². The predicted octanol–water partition coefficient (Wildman–Crippen LogP) is 5.25. The number of thiophene rings is 1. The van der Waals surface area contributed by atoms with Crippen LogP contribution in [0, 0.1) is 0 Å². The first kappa shape index (κ1) is 18.3. The van der Waals surface area contributed by atoms with Crippen molar-refractivity contribution in [2.75, 3.05) is 7.11 Å². The highest BCUT2D eigenvalue weighted by atomic mass is 32.1. The van der Waals surface area contributed by atoms with Crippen molar-refractivity contribution >= 4 is 11.3 Å². The molecule has 5 aromatic rings. The smallest absolute Gasteiger partial charge is 0.261 e. The first-order chi connectivity index (χ1) is 14.8.